The van der Waals surface area contributed by atoms with Gasteiger partial charge in [-0.25, -0.2) is 0 Å². The van der Waals surface area contributed by atoms with E-state index in [9.17, 15) is 0 Å². The number of rotatable bonds is 5. The van der Waals surface area contributed by atoms with E-state index in [1.165, 1.54) is 0 Å². The van der Waals surface area contributed by atoms with E-state index in [0.717, 1.165) is 50.0 Å². The molecule has 0 radical (unpaired) electrons. The number of hydrogen-bond donors (Lipinski definition) is 1. The van der Waals surface area contributed by atoms with Crippen LogP contribution in [0.4, 0.5) is 0 Å². The van der Waals surface area contributed by atoms with E-state index in [-0.39, 0.29) is 24.0 Å². The molecule has 2 rings (SSSR count). The highest BCUT2D eigenvalue weighted by molar-refractivity contribution is 14.0. The lowest BCUT2D eigenvalue weighted by molar-refractivity contribution is 0.116. The maximum atomic E-state index is 5.44. The molecule has 1 aliphatic heterocycles. The highest BCUT2D eigenvalue weighted by Gasteiger charge is 2.22. The van der Waals surface area contributed by atoms with Crippen LogP contribution in [-0.2, 0) is 6.54 Å². The summed E-state index contributed by atoms with van der Waals surface area (Å²) in [6, 6.07) is 8.61. The molecule has 1 unspecified atom stereocenters. The summed E-state index contributed by atoms with van der Waals surface area (Å²) in [5, 5.41) is 3.51. The molecule has 1 saturated heterocycles. The van der Waals surface area contributed by atoms with Crippen LogP contribution >= 0.6 is 24.0 Å². The smallest absolute Gasteiger partial charge is 0.193 e. The summed E-state index contributed by atoms with van der Waals surface area (Å²) in [5.41, 5.74) is 1.15. The van der Waals surface area contributed by atoms with Crippen molar-refractivity contribution in [1.29, 1.82) is 0 Å². The van der Waals surface area contributed by atoms with Gasteiger partial charge in [-0.3, -0.25) is 9.89 Å². The third-order valence-corrected chi connectivity index (χ3v) is 4.65. The third kappa shape index (κ3) is 6.31. The van der Waals surface area contributed by atoms with Crippen LogP contribution in [0.15, 0.2) is 29.3 Å². The van der Waals surface area contributed by atoms with Crippen LogP contribution in [0.5, 0.6) is 5.75 Å². The topological polar surface area (TPSA) is 43.3 Å². The quantitative estimate of drug-likeness (QED) is 0.410. The van der Waals surface area contributed by atoms with Gasteiger partial charge in [0.2, 0.25) is 0 Å². The Morgan fingerprint density at radius 1 is 1.32 bits per heavy atom. The monoisotopic (exact) mass is 461 g/mol. The molecule has 1 fully saturated rings. The number of guanidine groups is 1. The van der Waals surface area contributed by atoms with Gasteiger partial charge in [-0.1, -0.05) is 18.2 Å². The zero-order valence-corrected chi connectivity index (χ0v) is 18.4. The molecule has 142 valence electrons. The number of nitrogens with one attached hydrogen (secondary N) is 1. The van der Waals surface area contributed by atoms with Crippen molar-refractivity contribution in [3.8, 4) is 5.75 Å². The van der Waals surface area contributed by atoms with Crippen molar-refractivity contribution in [3.63, 3.8) is 0 Å². The number of piperazine rings is 1. The van der Waals surface area contributed by atoms with E-state index < -0.39 is 0 Å². The lowest BCUT2D eigenvalue weighted by Gasteiger charge is -2.38. The SMILES string of the molecule is CN=C(NCC1CN(C)CCN1C)N(C)Cc1ccccc1OC.I. The number of ether oxygens (including phenoxy) is 1. The van der Waals surface area contributed by atoms with Crippen molar-refractivity contribution in [2.45, 2.75) is 12.6 Å². The summed E-state index contributed by atoms with van der Waals surface area (Å²) in [5.74, 6) is 1.82. The number of likely N-dealkylation sites (N-methyl/N-ethyl adjacent to an activating group) is 2. The van der Waals surface area contributed by atoms with Gasteiger partial charge >= 0.3 is 0 Å². The molecule has 1 aliphatic rings. The van der Waals surface area contributed by atoms with Crippen molar-refractivity contribution in [2.24, 2.45) is 4.99 Å². The standard InChI is InChI=1S/C18H31N5O.HI/c1-19-18(20-12-16-14-21(2)10-11-22(16)3)23(4)13-15-8-6-7-9-17(15)24-5;/h6-9,16H,10-14H2,1-5H3,(H,19,20);1H. The fraction of sp³-hybridized carbons (Fsp3) is 0.611. The number of methoxy groups -OCH3 is 1. The van der Waals surface area contributed by atoms with E-state index in [1.807, 2.05) is 25.2 Å². The fourth-order valence-corrected chi connectivity index (χ4v) is 3.08. The van der Waals surface area contributed by atoms with Crippen molar-refractivity contribution in [3.05, 3.63) is 29.8 Å². The second-order valence-corrected chi connectivity index (χ2v) is 6.49. The van der Waals surface area contributed by atoms with Crippen molar-refractivity contribution in [2.75, 3.05) is 61.5 Å². The molecule has 1 aromatic carbocycles. The van der Waals surface area contributed by atoms with Gasteiger partial charge in [0, 0.05) is 58.4 Å². The highest BCUT2D eigenvalue weighted by atomic mass is 127. The summed E-state index contributed by atoms with van der Waals surface area (Å²) in [4.78, 5) is 11.4. The Bertz CT molecular complexity index is 554. The molecule has 7 heteroatoms. The predicted molar refractivity (Wildman–Crippen MR) is 115 cm³/mol. The lowest BCUT2D eigenvalue weighted by Crippen LogP contribution is -2.55. The Hall–Kier alpha value is -1.06. The molecule has 1 atom stereocenters. The van der Waals surface area contributed by atoms with E-state index in [4.69, 9.17) is 4.74 Å². The highest BCUT2D eigenvalue weighted by Crippen LogP contribution is 2.18. The molecule has 0 bridgehead atoms. The third-order valence-electron chi connectivity index (χ3n) is 4.65. The van der Waals surface area contributed by atoms with Gasteiger partial charge in [0.1, 0.15) is 5.75 Å². The molecule has 1 N–H and O–H groups in total. The minimum atomic E-state index is 0. The Balaban J connectivity index is 0.00000312. The average Bonchev–Trinajstić information content (AvgIpc) is 2.58. The van der Waals surface area contributed by atoms with Gasteiger partial charge in [0.15, 0.2) is 5.96 Å². The van der Waals surface area contributed by atoms with Crippen LogP contribution in [-0.4, -0.2) is 88.2 Å². The fourth-order valence-electron chi connectivity index (χ4n) is 3.08. The van der Waals surface area contributed by atoms with Gasteiger partial charge in [0.05, 0.1) is 7.11 Å². The van der Waals surface area contributed by atoms with Gasteiger partial charge in [0.25, 0.3) is 0 Å². The second-order valence-electron chi connectivity index (χ2n) is 6.49. The normalized spacial score (nSPS) is 19.2. The molecule has 0 spiro atoms. The molecule has 0 amide bonds. The molecule has 0 saturated carbocycles. The molecule has 0 aliphatic carbocycles. The van der Waals surface area contributed by atoms with Crippen LogP contribution in [0.25, 0.3) is 0 Å². The Morgan fingerprint density at radius 3 is 2.72 bits per heavy atom. The van der Waals surface area contributed by atoms with E-state index >= 15 is 0 Å². The van der Waals surface area contributed by atoms with Gasteiger partial charge in [-0.05, 0) is 20.2 Å². The van der Waals surface area contributed by atoms with Crippen molar-refractivity contribution < 1.29 is 4.74 Å². The van der Waals surface area contributed by atoms with Crippen LogP contribution in [0.1, 0.15) is 5.56 Å². The molecular weight excluding hydrogens is 429 g/mol. The zero-order valence-electron chi connectivity index (χ0n) is 16.0. The maximum absolute atomic E-state index is 5.44. The minimum Gasteiger partial charge on any atom is -0.496 e. The molecular formula is C18H32IN5O. The van der Waals surface area contributed by atoms with Gasteiger partial charge in [-0.2, -0.15) is 0 Å². The molecule has 0 aromatic heterocycles. The number of hydrogen-bond acceptors (Lipinski definition) is 4. The number of benzene rings is 1. The summed E-state index contributed by atoms with van der Waals surface area (Å²) in [7, 11) is 9.97. The van der Waals surface area contributed by atoms with Crippen LogP contribution in [0, 0.1) is 0 Å². The summed E-state index contributed by atoms with van der Waals surface area (Å²) >= 11 is 0. The predicted octanol–water partition coefficient (Wildman–Crippen LogP) is 1.57. The Labute approximate surface area is 169 Å². The number of aliphatic imine (C=N–C) groups is 1. The first-order chi connectivity index (χ1) is 11.5. The van der Waals surface area contributed by atoms with Gasteiger partial charge < -0.3 is 19.9 Å². The minimum absolute atomic E-state index is 0. The molecule has 1 aromatic rings. The first-order valence-electron chi connectivity index (χ1n) is 8.47. The number of para-hydroxylation sites is 1. The Kier molecular flexibility index (Phi) is 9.52. The second kappa shape index (κ2) is 10.8. The van der Waals surface area contributed by atoms with Crippen molar-refractivity contribution in [1.82, 2.24) is 20.0 Å². The van der Waals surface area contributed by atoms with Crippen LogP contribution in [0.3, 0.4) is 0 Å². The lowest BCUT2D eigenvalue weighted by atomic mass is 10.2. The summed E-state index contributed by atoms with van der Waals surface area (Å²) in [6.07, 6.45) is 0. The maximum Gasteiger partial charge on any atom is 0.193 e. The molecule has 6 nitrogen and oxygen atoms in total. The largest absolute Gasteiger partial charge is 0.496 e. The number of halogens is 1. The van der Waals surface area contributed by atoms with Crippen LogP contribution in [0.2, 0.25) is 0 Å². The van der Waals surface area contributed by atoms with E-state index in [0.29, 0.717) is 6.04 Å². The van der Waals surface area contributed by atoms with Crippen LogP contribution < -0.4 is 10.1 Å². The van der Waals surface area contributed by atoms with E-state index in [1.54, 1.807) is 7.11 Å². The molecule has 25 heavy (non-hydrogen) atoms. The first-order valence-corrected chi connectivity index (χ1v) is 8.47. The van der Waals surface area contributed by atoms with Crippen molar-refractivity contribution >= 4 is 29.9 Å². The molecule has 1 heterocycles. The summed E-state index contributed by atoms with van der Waals surface area (Å²) in [6.45, 7) is 4.97. The summed E-state index contributed by atoms with van der Waals surface area (Å²) < 4.78 is 5.44. The van der Waals surface area contributed by atoms with Gasteiger partial charge in [-0.15, -0.1) is 24.0 Å². The number of nitrogens with zero attached hydrogens (tertiary/aromatic N) is 4. The Morgan fingerprint density at radius 2 is 2.04 bits per heavy atom. The average molecular weight is 461 g/mol. The van der Waals surface area contributed by atoms with E-state index in [2.05, 4.69) is 52.2 Å². The first kappa shape index (κ1) is 22.0. The zero-order chi connectivity index (χ0) is 17.5.